The number of rotatable bonds is 1. The van der Waals surface area contributed by atoms with Gasteiger partial charge in [0.05, 0.1) is 0 Å². The standard InChI is InChI=1S/C12H18O2/c1-2-5-9(6-3-1)11-8-4-7-10-12(11,13-10)14-11/h9-10H,1-8H2. The van der Waals surface area contributed by atoms with Gasteiger partial charge in [-0.3, -0.25) is 0 Å². The van der Waals surface area contributed by atoms with E-state index in [1.165, 1.54) is 51.4 Å². The van der Waals surface area contributed by atoms with E-state index in [1.54, 1.807) is 0 Å². The Morgan fingerprint density at radius 1 is 0.929 bits per heavy atom. The lowest BCUT2D eigenvalue weighted by Gasteiger charge is -2.28. The molecule has 0 aromatic heterocycles. The Labute approximate surface area is 85.0 Å². The SMILES string of the molecule is C1CCC(C23CCCC4OC42O3)CC1. The molecule has 78 valence electrons. The van der Waals surface area contributed by atoms with E-state index in [0.29, 0.717) is 6.10 Å². The van der Waals surface area contributed by atoms with Crippen LogP contribution in [0.25, 0.3) is 0 Å². The van der Waals surface area contributed by atoms with E-state index >= 15 is 0 Å². The van der Waals surface area contributed by atoms with Crippen LogP contribution in [0.1, 0.15) is 51.4 Å². The van der Waals surface area contributed by atoms with E-state index in [9.17, 15) is 0 Å². The summed E-state index contributed by atoms with van der Waals surface area (Å²) in [6, 6.07) is 0. The molecule has 4 aliphatic rings. The Hall–Kier alpha value is -0.0800. The quantitative estimate of drug-likeness (QED) is 0.599. The molecule has 3 unspecified atom stereocenters. The van der Waals surface area contributed by atoms with Crippen molar-refractivity contribution in [3.63, 3.8) is 0 Å². The number of hydrogen-bond acceptors (Lipinski definition) is 2. The molecule has 2 aliphatic heterocycles. The van der Waals surface area contributed by atoms with Crippen molar-refractivity contribution in [1.29, 1.82) is 0 Å². The van der Waals surface area contributed by atoms with Crippen LogP contribution in [0, 0.1) is 5.92 Å². The minimum Gasteiger partial charge on any atom is -0.336 e. The summed E-state index contributed by atoms with van der Waals surface area (Å²) in [5.74, 6) is 0.786. The van der Waals surface area contributed by atoms with Crippen LogP contribution in [0.4, 0.5) is 0 Å². The van der Waals surface area contributed by atoms with Crippen molar-refractivity contribution in [3.8, 4) is 0 Å². The van der Waals surface area contributed by atoms with Crippen molar-refractivity contribution in [2.24, 2.45) is 5.92 Å². The van der Waals surface area contributed by atoms with Gasteiger partial charge in [0.25, 0.3) is 0 Å². The van der Waals surface area contributed by atoms with Crippen molar-refractivity contribution >= 4 is 0 Å². The second kappa shape index (κ2) is 2.35. The fourth-order valence-electron chi connectivity index (χ4n) is 4.05. The summed E-state index contributed by atoms with van der Waals surface area (Å²) in [5, 5.41) is 0. The number of hydrogen-bond donors (Lipinski definition) is 0. The molecule has 0 aromatic carbocycles. The van der Waals surface area contributed by atoms with Crippen molar-refractivity contribution in [2.45, 2.75) is 68.9 Å². The summed E-state index contributed by atoms with van der Waals surface area (Å²) < 4.78 is 11.8. The van der Waals surface area contributed by atoms with Crippen LogP contribution in [-0.2, 0) is 9.47 Å². The van der Waals surface area contributed by atoms with Crippen LogP contribution in [0.5, 0.6) is 0 Å². The predicted molar refractivity (Wildman–Crippen MR) is 51.8 cm³/mol. The second-order valence-electron chi connectivity index (χ2n) is 5.49. The third-order valence-electron chi connectivity index (χ3n) is 4.85. The topological polar surface area (TPSA) is 25.1 Å². The van der Waals surface area contributed by atoms with Crippen molar-refractivity contribution in [3.05, 3.63) is 0 Å². The van der Waals surface area contributed by atoms with E-state index < -0.39 is 0 Å². The highest BCUT2D eigenvalue weighted by atomic mass is 16.9. The fraction of sp³-hybridized carbons (Fsp3) is 1.00. The minimum absolute atomic E-state index is 0.0345. The maximum Gasteiger partial charge on any atom is 0.226 e. The molecule has 0 amide bonds. The van der Waals surface area contributed by atoms with Gasteiger partial charge < -0.3 is 9.47 Å². The van der Waals surface area contributed by atoms with E-state index in [2.05, 4.69) is 0 Å². The molecule has 4 rings (SSSR count). The largest absolute Gasteiger partial charge is 0.336 e. The van der Waals surface area contributed by atoms with Crippen molar-refractivity contribution < 1.29 is 9.47 Å². The van der Waals surface area contributed by atoms with Crippen LogP contribution in [-0.4, -0.2) is 17.5 Å². The summed E-state index contributed by atoms with van der Waals surface area (Å²) in [6.45, 7) is 0. The van der Waals surface area contributed by atoms with E-state index in [1.807, 2.05) is 0 Å². The lowest BCUT2D eigenvalue weighted by molar-refractivity contribution is 0.156. The number of epoxide rings is 2. The van der Waals surface area contributed by atoms with Gasteiger partial charge in [-0.25, -0.2) is 0 Å². The molecule has 2 heterocycles. The van der Waals surface area contributed by atoms with Gasteiger partial charge in [0.1, 0.15) is 11.7 Å². The first-order valence-corrected chi connectivity index (χ1v) is 6.25. The monoisotopic (exact) mass is 194 g/mol. The molecule has 0 N–H and O–H groups in total. The third kappa shape index (κ3) is 0.772. The van der Waals surface area contributed by atoms with Crippen LogP contribution >= 0.6 is 0 Å². The molecule has 14 heavy (non-hydrogen) atoms. The number of ether oxygens (including phenoxy) is 2. The van der Waals surface area contributed by atoms with Crippen LogP contribution in [0.3, 0.4) is 0 Å². The zero-order valence-corrected chi connectivity index (χ0v) is 8.63. The molecule has 2 saturated heterocycles. The molecule has 4 fully saturated rings. The molecule has 2 saturated carbocycles. The van der Waals surface area contributed by atoms with Gasteiger partial charge in [0.15, 0.2) is 0 Å². The van der Waals surface area contributed by atoms with E-state index in [-0.39, 0.29) is 11.4 Å². The minimum atomic E-state index is -0.0345. The lowest BCUT2D eigenvalue weighted by atomic mass is 9.73. The van der Waals surface area contributed by atoms with Crippen LogP contribution in [0.2, 0.25) is 0 Å². The zero-order chi connectivity index (χ0) is 9.23. The zero-order valence-electron chi connectivity index (χ0n) is 8.63. The molecular weight excluding hydrogens is 176 g/mol. The second-order valence-corrected chi connectivity index (χ2v) is 5.49. The van der Waals surface area contributed by atoms with Gasteiger partial charge in [-0.05, 0) is 38.0 Å². The summed E-state index contributed by atoms with van der Waals surface area (Å²) in [6.07, 6.45) is 11.4. The van der Waals surface area contributed by atoms with Gasteiger partial charge in [-0.2, -0.15) is 0 Å². The highest BCUT2D eigenvalue weighted by molar-refractivity contribution is 5.27. The Balaban J connectivity index is 1.59. The average molecular weight is 194 g/mol. The molecule has 2 heteroatoms. The molecule has 2 aliphatic carbocycles. The fourth-order valence-corrected chi connectivity index (χ4v) is 4.05. The first-order chi connectivity index (χ1) is 6.87. The molecule has 1 spiro atoms. The van der Waals surface area contributed by atoms with Gasteiger partial charge in [-0.15, -0.1) is 0 Å². The van der Waals surface area contributed by atoms with Crippen LogP contribution in [0.15, 0.2) is 0 Å². The molecule has 2 nitrogen and oxygen atoms in total. The Bertz CT molecular complexity index is 267. The first kappa shape index (κ1) is 8.12. The van der Waals surface area contributed by atoms with E-state index in [4.69, 9.17) is 9.47 Å². The van der Waals surface area contributed by atoms with Crippen LogP contribution < -0.4 is 0 Å². The summed E-state index contributed by atoms with van der Waals surface area (Å²) in [5.41, 5.74) is 0.205. The molecule has 0 bridgehead atoms. The molecule has 0 aromatic rings. The molecular formula is C12H18O2. The normalized spacial score (nSPS) is 56.1. The van der Waals surface area contributed by atoms with Gasteiger partial charge >= 0.3 is 0 Å². The highest BCUT2D eigenvalue weighted by Crippen LogP contribution is 2.73. The van der Waals surface area contributed by atoms with Crippen molar-refractivity contribution in [2.75, 3.05) is 0 Å². The maximum absolute atomic E-state index is 6.04. The summed E-state index contributed by atoms with van der Waals surface area (Å²) >= 11 is 0. The predicted octanol–water partition coefficient (Wildman–Crippen LogP) is 2.61. The Kier molecular flexibility index (Phi) is 1.37. The molecule has 0 radical (unpaired) electrons. The Morgan fingerprint density at radius 3 is 2.64 bits per heavy atom. The first-order valence-electron chi connectivity index (χ1n) is 6.25. The smallest absolute Gasteiger partial charge is 0.226 e. The van der Waals surface area contributed by atoms with Crippen molar-refractivity contribution in [1.82, 2.24) is 0 Å². The molecule has 3 atom stereocenters. The van der Waals surface area contributed by atoms with Gasteiger partial charge in [0, 0.05) is 0 Å². The highest BCUT2D eigenvalue weighted by Gasteiger charge is 2.88. The summed E-state index contributed by atoms with van der Waals surface area (Å²) in [7, 11) is 0. The van der Waals surface area contributed by atoms with Gasteiger partial charge in [0.2, 0.25) is 5.79 Å². The lowest BCUT2D eigenvalue weighted by Crippen LogP contribution is -2.33. The Morgan fingerprint density at radius 2 is 1.79 bits per heavy atom. The third-order valence-corrected chi connectivity index (χ3v) is 4.85. The van der Waals surface area contributed by atoms with E-state index in [0.717, 1.165) is 5.92 Å². The average Bonchev–Trinajstić information content (AvgIpc) is 3.07. The van der Waals surface area contributed by atoms with Gasteiger partial charge in [-0.1, -0.05) is 19.3 Å². The maximum atomic E-state index is 6.04. The summed E-state index contributed by atoms with van der Waals surface area (Å²) in [4.78, 5) is 0.